The molecule has 0 bridgehead atoms. The summed E-state index contributed by atoms with van der Waals surface area (Å²) in [7, 11) is 0. The molecule has 0 N–H and O–H groups in total. The third kappa shape index (κ3) is 1.18. The quantitative estimate of drug-likeness (QED) is 0.666. The number of rotatable bonds is 1. The zero-order chi connectivity index (χ0) is 9.60. The first-order valence-electron chi connectivity index (χ1n) is 5.85. The van der Waals surface area contributed by atoms with Gasteiger partial charge in [0.25, 0.3) is 0 Å². The summed E-state index contributed by atoms with van der Waals surface area (Å²) in [5, 5.41) is 0. The molecule has 3 heterocycles. The van der Waals surface area contributed by atoms with E-state index in [0.29, 0.717) is 11.6 Å². The van der Waals surface area contributed by atoms with Gasteiger partial charge in [-0.3, -0.25) is 4.90 Å². The Labute approximate surface area is 91.4 Å². The van der Waals surface area contributed by atoms with E-state index in [-0.39, 0.29) is 0 Å². The molecule has 0 aliphatic carbocycles. The molecule has 0 amide bonds. The Morgan fingerprint density at radius 1 is 1.43 bits per heavy atom. The summed E-state index contributed by atoms with van der Waals surface area (Å²) in [4.78, 5) is 2.71. The van der Waals surface area contributed by atoms with Gasteiger partial charge in [0.15, 0.2) is 0 Å². The van der Waals surface area contributed by atoms with Crippen molar-refractivity contribution in [3.63, 3.8) is 0 Å². The van der Waals surface area contributed by atoms with Gasteiger partial charge in [0.2, 0.25) is 0 Å². The highest BCUT2D eigenvalue weighted by Gasteiger charge is 2.53. The lowest BCUT2D eigenvalue weighted by atomic mass is 9.94. The smallest absolute Gasteiger partial charge is 0.0748 e. The van der Waals surface area contributed by atoms with Gasteiger partial charge in [-0.05, 0) is 38.6 Å². The minimum absolute atomic E-state index is 0.406. The highest BCUT2D eigenvalue weighted by atomic mass is 32.1. The molecule has 3 atom stereocenters. The Hall–Kier alpha value is 0.270. The molecule has 3 aliphatic heterocycles. The molecule has 2 nitrogen and oxygen atoms in total. The van der Waals surface area contributed by atoms with E-state index in [0.717, 1.165) is 18.4 Å². The van der Waals surface area contributed by atoms with E-state index >= 15 is 0 Å². The number of fused-ring (bicyclic) bond motifs is 3. The van der Waals surface area contributed by atoms with Crippen molar-refractivity contribution in [1.82, 2.24) is 4.90 Å². The number of nitrogens with zero attached hydrogens (tertiary/aromatic N) is 1. The predicted octanol–water partition coefficient (Wildman–Crippen LogP) is 1.70. The van der Waals surface area contributed by atoms with Crippen LogP contribution in [0.3, 0.4) is 0 Å². The van der Waals surface area contributed by atoms with Crippen LogP contribution in [0.5, 0.6) is 0 Å². The minimum Gasteiger partial charge on any atom is -0.377 e. The van der Waals surface area contributed by atoms with Gasteiger partial charge in [-0.1, -0.05) is 0 Å². The number of ether oxygens (including phenoxy) is 1. The van der Waals surface area contributed by atoms with E-state index in [9.17, 15) is 0 Å². The maximum absolute atomic E-state index is 5.89. The molecular formula is C11H19NOS. The average Bonchev–Trinajstić information content (AvgIpc) is 2.73. The van der Waals surface area contributed by atoms with E-state index < -0.39 is 0 Å². The van der Waals surface area contributed by atoms with Crippen LogP contribution >= 0.6 is 12.6 Å². The van der Waals surface area contributed by atoms with Gasteiger partial charge >= 0.3 is 0 Å². The normalized spacial score (nSPS) is 47.8. The van der Waals surface area contributed by atoms with Crippen LogP contribution in [0.4, 0.5) is 0 Å². The zero-order valence-electron chi connectivity index (χ0n) is 8.61. The molecule has 14 heavy (non-hydrogen) atoms. The maximum atomic E-state index is 5.89. The van der Waals surface area contributed by atoms with Crippen molar-refractivity contribution in [2.24, 2.45) is 0 Å². The summed E-state index contributed by atoms with van der Waals surface area (Å²) < 4.78 is 5.89. The van der Waals surface area contributed by atoms with Crippen LogP contribution < -0.4 is 0 Å². The van der Waals surface area contributed by atoms with Crippen molar-refractivity contribution < 1.29 is 4.74 Å². The second-order valence-corrected chi connectivity index (χ2v) is 5.32. The van der Waals surface area contributed by atoms with Crippen molar-refractivity contribution in [2.75, 3.05) is 18.9 Å². The first kappa shape index (κ1) is 9.49. The predicted molar refractivity (Wildman–Crippen MR) is 59.9 cm³/mol. The molecule has 3 rings (SSSR count). The van der Waals surface area contributed by atoms with Crippen molar-refractivity contribution in [3.8, 4) is 0 Å². The largest absolute Gasteiger partial charge is 0.377 e. The van der Waals surface area contributed by atoms with Crippen LogP contribution in [0.1, 0.15) is 32.1 Å². The summed E-state index contributed by atoms with van der Waals surface area (Å²) in [6, 6.07) is 0.721. The van der Waals surface area contributed by atoms with Crippen LogP contribution in [-0.2, 0) is 4.74 Å². The fourth-order valence-corrected chi connectivity index (χ4v) is 4.15. The molecule has 0 aromatic heterocycles. The standard InChI is InChI=1S/C11H19NOS/c14-8-11-4-2-5-12(11)9-3-1-6-13-10(9)7-11/h9-10,14H,1-8H2/t9-,10-,11-/m0/s1. The zero-order valence-corrected chi connectivity index (χ0v) is 9.51. The Bertz CT molecular complexity index is 235. The van der Waals surface area contributed by atoms with Gasteiger partial charge in [-0.15, -0.1) is 0 Å². The summed E-state index contributed by atoms with van der Waals surface area (Å²) in [6.07, 6.45) is 7.06. The summed E-state index contributed by atoms with van der Waals surface area (Å²) >= 11 is 4.56. The molecule has 0 aromatic rings. The molecule has 0 aromatic carbocycles. The molecule has 0 unspecified atom stereocenters. The van der Waals surface area contributed by atoms with Crippen LogP contribution in [-0.4, -0.2) is 41.5 Å². The topological polar surface area (TPSA) is 12.5 Å². The van der Waals surface area contributed by atoms with Gasteiger partial charge in [0, 0.05) is 23.9 Å². The molecule has 80 valence electrons. The molecular weight excluding hydrogens is 194 g/mol. The molecule has 3 saturated heterocycles. The van der Waals surface area contributed by atoms with Crippen molar-refractivity contribution >= 4 is 12.6 Å². The lowest BCUT2D eigenvalue weighted by molar-refractivity contribution is -0.0108. The van der Waals surface area contributed by atoms with Crippen LogP contribution in [0, 0.1) is 0 Å². The fraction of sp³-hybridized carbons (Fsp3) is 1.00. The highest BCUT2D eigenvalue weighted by Crippen LogP contribution is 2.46. The highest BCUT2D eigenvalue weighted by molar-refractivity contribution is 7.80. The Morgan fingerprint density at radius 3 is 3.21 bits per heavy atom. The SMILES string of the molecule is SC[C@@]12CCCN1[C@H]1CCCO[C@H]1C2. The van der Waals surface area contributed by atoms with E-state index in [1.165, 1.54) is 38.6 Å². The average molecular weight is 213 g/mol. The van der Waals surface area contributed by atoms with Gasteiger partial charge in [0.05, 0.1) is 6.10 Å². The number of thiol groups is 1. The Balaban J connectivity index is 1.86. The number of hydrogen-bond donors (Lipinski definition) is 1. The van der Waals surface area contributed by atoms with E-state index in [2.05, 4.69) is 17.5 Å². The Morgan fingerprint density at radius 2 is 2.36 bits per heavy atom. The molecule has 0 saturated carbocycles. The second kappa shape index (κ2) is 3.39. The third-order valence-corrected chi connectivity index (χ3v) is 4.92. The van der Waals surface area contributed by atoms with Crippen molar-refractivity contribution in [1.29, 1.82) is 0 Å². The van der Waals surface area contributed by atoms with E-state index in [1.807, 2.05) is 0 Å². The second-order valence-electron chi connectivity index (χ2n) is 5.00. The van der Waals surface area contributed by atoms with E-state index in [4.69, 9.17) is 4.74 Å². The van der Waals surface area contributed by atoms with Crippen molar-refractivity contribution in [2.45, 2.75) is 49.8 Å². The monoisotopic (exact) mass is 213 g/mol. The van der Waals surface area contributed by atoms with Gasteiger partial charge in [-0.25, -0.2) is 0 Å². The van der Waals surface area contributed by atoms with Crippen LogP contribution in [0.2, 0.25) is 0 Å². The molecule has 3 heteroatoms. The Kier molecular flexibility index (Phi) is 2.30. The fourth-order valence-electron chi connectivity index (χ4n) is 3.68. The minimum atomic E-state index is 0.406. The van der Waals surface area contributed by atoms with Crippen LogP contribution in [0.15, 0.2) is 0 Å². The first-order valence-corrected chi connectivity index (χ1v) is 6.48. The molecule has 3 fully saturated rings. The first-order chi connectivity index (χ1) is 6.86. The van der Waals surface area contributed by atoms with Gasteiger partial charge in [0.1, 0.15) is 0 Å². The third-order valence-electron chi connectivity index (χ3n) is 4.33. The van der Waals surface area contributed by atoms with Gasteiger partial charge in [-0.2, -0.15) is 12.6 Å². The summed E-state index contributed by atoms with van der Waals surface area (Å²) in [6.45, 7) is 2.27. The number of hydrogen-bond acceptors (Lipinski definition) is 3. The maximum Gasteiger partial charge on any atom is 0.0748 e. The lowest BCUT2D eigenvalue weighted by Crippen LogP contribution is -2.45. The summed E-state index contributed by atoms with van der Waals surface area (Å²) in [5.74, 6) is 1.02. The lowest BCUT2D eigenvalue weighted by Gasteiger charge is -2.34. The molecule has 0 radical (unpaired) electrons. The van der Waals surface area contributed by atoms with Crippen molar-refractivity contribution in [3.05, 3.63) is 0 Å². The van der Waals surface area contributed by atoms with E-state index in [1.54, 1.807) is 0 Å². The van der Waals surface area contributed by atoms with Gasteiger partial charge < -0.3 is 4.74 Å². The molecule has 0 spiro atoms. The molecule has 3 aliphatic rings. The summed E-state index contributed by atoms with van der Waals surface area (Å²) in [5.41, 5.74) is 0.406. The van der Waals surface area contributed by atoms with Crippen LogP contribution in [0.25, 0.3) is 0 Å².